The van der Waals surface area contributed by atoms with Gasteiger partial charge in [-0.15, -0.1) is 0 Å². The fourth-order valence-electron chi connectivity index (χ4n) is 1.66. The smallest absolute Gasteiger partial charge is 0.240 e. The number of anilines is 1. The number of aromatic nitrogens is 1. The Morgan fingerprint density at radius 3 is 2.40 bits per heavy atom. The Bertz CT molecular complexity index is 712. The molecule has 0 bridgehead atoms. The van der Waals surface area contributed by atoms with Crippen molar-refractivity contribution in [2.24, 2.45) is 0 Å². The summed E-state index contributed by atoms with van der Waals surface area (Å²) in [4.78, 5) is 14.8. The molecule has 2 N–H and O–H groups in total. The predicted octanol–water partition coefficient (Wildman–Crippen LogP) is 1.22. The Kier molecular flexibility index (Phi) is 4.11. The van der Waals surface area contributed by atoms with E-state index in [4.69, 9.17) is 0 Å². The third kappa shape index (κ3) is 3.01. The number of nitrogens with zero attached hydrogens (tertiary/aromatic N) is 1. The Labute approximate surface area is 116 Å². The molecule has 1 aromatic carbocycles. The summed E-state index contributed by atoms with van der Waals surface area (Å²) in [6.45, 7) is 0. The van der Waals surface area contributed by atoms with Crippen LogP contribution in [0.2, 0.25) is 0 Å². The van der Waals surface area contributed by atoms with E-state index in [-0.39, 0.29) is 4.90 Å². The lowest BCUT2D eigenvalue weighted by Crippen LogP contribution is -2.18. The molecule has 104 valence electrons. The van der Waals surface area contributed by atoms with Gasteiger partial charge >= 0.3 is 0 Å². The molecule has 0 aliphatic carbocycles. The Morgan fingerprint density at radius 2 is 1.80 bits per heavy atom. The van der Waals surface area contributed by atoms with Crippen molar-refractivity contribution in [3.8, 4) is 11.3 Å². The first-order valence-corrected chi connectivity index (χ1v) is 7.26. The molecule has 0 spiro atoms. The number of pyridine rings is 1. The van der Waals surface area contributed by atoms with E-state index >= 15 is 0 Å². The van der Waals surface area contributed by atoms with E-state index in [2.05, 4.69) is 15.0 Å². The lowest BCUT2D eigenvalue weighted by molar-refractivity contribution is -0.105. The fraction of sp³-hybridized carbons (Fsp3) is 0.0769. The third-order valence-electron chi connectivity index (χ3n) is 2.69. The number of benzene rings is 1. The SMILES string of the molecule is CNS(=O)(=O)c1ccc(-c2cccc(NC=O)n2)cc1. The standard InChI is InChI=1S/C13H13N3O3S/c1-14-20(18,19)11-7-5-10(6-8-11)12-3-2-4-13(16-12)15-9-17/h2-9,14H,1H3,(H,15,16,17). The Morgan fingerprint density at radius 1 is 1.10 bits per heavy atom. The van der Waals surface area contributed by atoms with Crippen molar-refractivity contribution in [1.29, 1.82) is 0 Å². The number of rotatable bonds is 5. The second-order valence-electron chi connectivity index (χ2n) is 3.90. The molecule has 7 heteroatoms. The van der Waals surface area contributed by atoms with Gasteiger partial charge in [0.05, 0.1) is 10.6 Å². The van der Waals surface area contributed by atoms with E-state index in [1.807, 2.05) is 0 Å². The molecule has 0 saturated heterocycles. The largest absolute Gasteiger partial charge is 0.313 e. The lowest BCUT2D eigenvalue weighted by Gasteiger charge is -2.05. The maximum absolute atomic E-state index is 11.6. The summed E-state index contributed by atoms with van der Waals surface area (Å²) < 4.78 is 25.5. The van der Waals surface area contributed by atoms with Gasteiger partial charge in [-0.3, -0.25) is 4.79 Å². The number of sulfonamides is 1. The minimum absolute atomic E-state index is 0.186. The molecule has 0 unspecified atom stereocenters. The van der Waals surface area contributed by atoms with E-state index in [0.29, 0.717) is 17.9 Å². The number of hydrogen-bond donors (Lipinski definition) is 2. The van der Waals surface area contributed by atoms with Gasteiger partial charge in [-0.25, -0.2) is 18.1 Å². The average Bonchev–Trinajstić information content (AvgIpc) is 2.48. The van der Waals surface area contributed by atoms with Crippen molar-refractivity contribution >= 4 is 22.3 Å². The zero-order valence-corrected chi connectivity index (χ0v) is 11.5. The zero-order chi connectivity index (χ0) is 14.6. The summed E-state index contributed by atoms with van der Waals surface area (Å²) >= 11 is 0. The van der Waals surface area contributed by atoms with Gasteiger partial charge in [0.2, 0.25) is 16.4 Å². The molecule has 0 radical (unpaired) electrons. The van der Waals surface area contributed by atoms with Crippen molar-refractivity contribution in [3.63, 3.8) is 0 Å². The van der Waals surface area contributed by atoms with Crippen LogP contribution in [-0.2, 0) is 14.8 Å². The summed E-state index contributed by atoms with van der Waals surface area (Å²) in [6, 6.07) is 11.5. The van der Waals surface area contributed by atoms with Crippen LogP contribution in [0.15, 0.2) is 47.4 Å². The topological polar surface area (TPSA) is 88.2 Å². The van der Waals surface area contributed by atoms with E-state index in [0.717, 1.165) is 5.56 Å². The first-order chi connectivity index (χ1) is 9.56. The van der Waals surface area contributed by atoms with Gasteiger partial charge in [0.1, 0.15) is 5.82 Å². The molecular weight excluding hydrogens is 278 g/mol. The van der Waals surface area contributed by atoms with Gasteiger partial charge in [-0.05, 0) is 31.3 Å². The van der Waals surface area contributed by atoms with E-state index < -0.39 is 10.0 Å². The summed E-state index contributed by atoms with van der Waals surface area (Å²) in [5.41, 5.74) is 1.40. The normalized spacial score (nSPS) is 11.1. The third-order valence-corrected chi connectivity index (χ3v) is 4.12. The summed E-state index contributed by atoms with van der Waals surface area (Å²) in [5.74, 6) is 0.435. The molecule has 20 heavy (non-hydrogen) atoms. The van der Waals surface area contributed by atoms with E-state index in [9.17, 15) is 13.2 Å². The zero-order valence-electron chi connectivity index (χ0n) is 10.7. The summed E-state index contributed by atoms with van der Waals surface area (Å²) in [7, 11) is -2.08. The van der Waals surface area contributed by atoms with E-state index in [1.54, 1.807) is 30.3 Å². The van der Waals surface area contributed by atoms with Crippen LogP contribution in [0.5, 0.6) is 0 Å². The minimum atomic E-state index is -3.44. The molecule has 1 aromatic heterocycles. The van der Waals surface area contributed by atoms with Crippen LogP contribution in [-0.4, -0.2) is 26.9 Å². The molecule has 1 heterocycles. The molecule has 0 atom stereocenters. The lowest BCUT2D eigenvalue weighted by atomic mass is 10.1. The molecule has 0 aliphatic heterocycles. The van der Waals surface area contributed by atoms with Crippen LogP contribution in [0.25, 0.3) is 11.3 Å². The molecule has 6 nitrogen and oxygen atoms in total. The Balaban J connectivity index is 2.35. The molecule has 2 aromatic rings. The first-order valence-electron chi connectivity index (χ1n) is 5.78. The fourth-order valence-corrected chi connectivity index (χ4v) is 2.39. The highest BCUT2D eigenvalue weighted by atomic mass is 32.2. The van der Waals surface area contributed by atoms with Crippen molar-refractivity contribution in [2.45, 2.75) is 4.90 Å². The molecule has 0 aliphatic rings. The van der Waals surface area contributed by atoms with Crippen molar-refractivity contribution in [1.82, 2.24) is 9.71 Å². The van der Waals surface area contributed by atoms with Gasteiger partial charge in [-0.1, -0.05) is 18.2 Å². The highest BCUT2D eigenvalue weighted by Gasteiger charge is 2.11. The average molecular weight is 291 g/mol. The number of carbonyl (C=O) groups excluding carboxylic acids is 1. The first kappa shape index (κ1) is 14.2. The predicted molar refractivity (Wildman–Crippen MR) is 75.6 cm³/mol. The van der Waals surface area contributed by atoms with Crippen molar-refractivity contribution in [2.75, 3.05) is 12.4 Å². The van der Waals surface area contributed by atoms with Crippen LogP contribution in [0, 0.1) is 0 Å². The van der Waals surface area contributed by atoms with Crippen LogP contribution >= 0.6 is 0 Å². The maximum atomic E-state index is 11.6. The van der Waals surface area contributed by atoms with Crippen molar-refractivity contribution in [3.05, 3.63) is 42.5 Å². The van der Waals surface area contributed by atoms with Crippen molar-refractivity contribution < 1.29 is 13.2 Å². The highest BCUT2D eigenvalue weighted by molar-refractivity contribution is 7.89. The second kappa shape index (κ2) is 5.81. The van der Waals surface area contributed by atoms with Gasteiger partial charge in [0, 0.05) is 5.56 Å². The van der Waals surface area contributed by atoms with Crippen LogP contribution in [0.4, 0.5) is 5.82 Å². The molecule has 0 saturated carbocycles. The Hall–Kier alpha value is -2.25. The van der Waals surface area contributed by atoms with E-state index in [1.165, 1.54) is 19.2 Å². The summed E-state index contributed by atoms with van der Waals surface area (Å²) in [5, 5.41) is 2.46. The number of carbonyl (C=O) groups is 1. The van der Waals surface area contributed by atoms with Crippen LogP contribution < -0.4 is 10.0 Å². The molecule has 2 rings (SSSR count). The number of amides is 1. The van der Waals surface area contributed by atoms with Gasteiger partial charge < -0.3 is 5.32 Å². The minimum Gasteiger partial charge on any atom is -0.313 e. The van der Waals surface area contributed by atoms with Gasteiger partial charge in [0.25, 0.3) is 0 Å². The molecule has 0 fully saturated rings. The number of nitrogens with one attached hydrogen (secondary N) is 2. The highest BCUT2D eigenvalue weighted by Crippen LogP contribution is 2.20. The molecular formula is C13H13N3O3S. The quantitative estimate of drug-likeness (QED) is 0.811. The van der Waals surface area contributed by atoms with Gasteiger partial charge in [0.15, 0.2) is 0 Å². The van der Waals surface area contributed by atoms with Crippen LogP contribution in [0.1, 0.15) is 0 Å². The molecule has 1 amide bonds. The van der Waals surface area contributed by atoms with Gasteiger partial charge in [-0.2, -0.15) is 0 Å². The van der Waals surface area contributed by atoms with Crippen LogP contribution in [0.3, 0.4) is 0 Å². The maximum Gasteiger partial charge on any atom is 0.240 e. The number of hydrogen-bond acceptors (Lipinski definition) is 4. The second-order valence-corrected chi connectivity index (χ2v) is 5.79. The monoisotopic (exact) mass is 291 g/mol. The summed E-state index contributed by atoms with van der Waals surface area (Å²) in [6.07, 6.45) is 0.550.